The summed E-state index contributed by atoms with van der Waals surface area (Å²) in [4.78, 5) is 37.8. The summed E-state index contributed by atoms with van der Waals surface area (Å²) in [7, 11) is 1.32. The van der Waals surface area contributed by atoms with Gasteiger partial charge < -0.3 is 14.8 Å². The maximum absolute atomic E-state index is 12.9. The number of rotatable bonds is 7. The first kappa shape index (κ1) is 21.3. The summed E-state index contributed by atoms with van der Waals surface area (Å²) in [5.74, 6) is -0.437. The van der Waals surface area contributed by atoms with Gasteiger partial charge in [-0.3, -0.25) is 18.7 Å². The monoisotopic (exact) mass is 421 g/mol. The van der Waals surface area contributed by atoms with Crippen LogP contribution in [-0.4, -0.2) is 28.1 Å². The lowest BCUT2D eigenvalue weighted by atomic mass is 10.1. The van der Waals surface area contributed by atoms with Crippen molar-refractivity contribution in [3.63, 3.8) is 0 Å². The number of nitrogens with zero attached hydrogens (tertiary/aromatic N) is 2. The number of alkyl halides is 2. The molecule has 1 aromatic carbocycles. The maximum atomic E-state index is 12.9. The molecular weight excluding hydrogens is 400 g/mol. The fraction of sp³-hybridized carbons (Fsp3) is 0.350. The van der Waals surface area contributed by atoms with Crippen LogP contribution in [0.5, 0.6) is 11.5 Å². The minimum atomic E-state index is -3.01. The summed E-state index contributed by atoms with van der Waals surface area (Å²) in [6, 6.07) is 4.23. The predicted octanol–water partition coefficient (Wildman–Crippen LogP) is 2.61. The van der Waals surface area contributed by atoms with Crippen molar-refractivity contribution in [1.29, 1.82) is 0 Å². The molecular formula is C20H21F2N3O5. The Bertz CT molecular complexity index is 1130. The molecule has 8 nitrogen and oxygen atoms in total. The number of benzene rings is 1. The normalized spacial score (nSPS) is 14.2. The average Bonchev–Trinajstić information content (AvgIpc) is 3.01. The van der Waals surface area contributed by atoms with Crippen molar-refractivity contribution in [3.05, 3.63) is 55.9 Å². The van der Waals surface area contributed by atoms with E-state index < -0.39 is 23.6 Å². The third kappa shape index (κ3) is 3.85. The van der Waals surface area contributed by atoms with E-state index in [1.165, 1.54) is 35.9 Å². The number of fused-ring (bicyclic) bond motifs is 1. The van der Waals surface area contributed by atoms with E-state index in [4.69, 9.17) is 4.74 Å². The van der Waals surface area contributed by atoms with E-state index in [2.05, 4.69) is 10.1 Å². The summed E-state index contributed by atoms with van der Waals surface area (Å²) < 4.78 is 37.2. The van der Waals surface area contributed by atoms with Crippen LogP contribution in [0.25, 0.3) is 6.08 Å². The van der Waals surface area contributed by atoms with E-state index in [9.17, 15) is 23.2 Å². The van der Waals surface area contributed by atoms with Crippen LogP contribution in [0.15, 0.2) is 33.5 Å². The van der Waals surface area contributed by atoms with E-state index in [1.807, 2.05) is 6.92 Å². The predicted molar refractivity (Wildman–Crippen MR) is 106 cm³/mol. The van der Waals surface area contributed by atoms with Gasteiger partial charge in [0.25, 0.3) is 5.56 Å². The van der Waals surface area contributed by atoms with Gasteiger partial charge >= 0.3 is 12.3 Å². The van der Waals surface area contributed by atoms with Crippen LogP contribution in [-0.2, 0) is 13.6 Å². The van der Waals surface area contributed by atoms with Crippen LogP contribution < -0.4 is 26.0 Å². The Hall–Kier alpha value is -3.43. The molecule has 0 bridgehead atoms. The molecule has 0 saturated carbocycles. The highest BCUT2D eigenvalue weighted by Crippen LogP contribution is 2.32. The largest absolute Gasteiger partial charge is 0.490 e. The zero-order valence-electron chi connectivity index (χ0n) is 16.7. The van der Waals surface area contributed by atoms with Crippen molar-refractivity contribution in [3.8, 4) is 11.5 Å². The van der Waals surface area contributed by atoms with Gasteiger partial charge in [0, 0.05) is 13.6 Å². The van der Waals surface area contributed by atoms with Crippen LogP contribution in [0.4, 0.5) is 14.6 Å². The number of Topliss-reactive ketones (excluding diaryl/α,β-unsaturated/α-hetero) is 1. The fourth-order valence-corrected chi connectivity index (χ4v) is 3.20. The number of anilines is 1. The van der Waals surface area contributed by atoms with E-state index in [0.29, 0.717) is 18.5 Å². The first-order chi connectivity index (χ1) is 14.3. The summed E-state index contributed by atoms with van der Waals surface area (Å²) in [5, 5.41) is 2.86. The lowest BCUT2D eigenvalue weighted by molar-refractivity contribution is -0.0514. The molecule has 0 saturated heterocycles. The molecule has 0 aliphatic carbocycles. The second kappa shape index (κ2) is 8.52. The molecule has 3 rings (SSSR count). The van der Waals surface area contributed by atoms with E-state index in [1.54, 1.807) is 6.92 Å². The van der Waals surface area contributed by atoms with E-state index in [0.717, 1.165) is 4.57 Å². The van der Waals surface area contributed by atoms with E-state index in [-0.39, 0.29) is 35.2 Å². The number of aromatic nitrogens is 2. The Morgan fingerprint density at radius 3 is 2.53 bits per heavy atom. The Kier molecular flexibility index (Phi) is 6.04. The Morgan fingerprint density at radius 1 is 1.17 bits per heavy atom. The van der Waals surface area contributed by atoms with Gasteiger partial charge in [0.2, 0.25) is 5.78 Å². The first-order valence-corrected chi connectivity index (χ1v) is 9.37. The molecule has 1 aliphatic rings. The SMILES string of the molecule is CCCn1c2c(c(=O)n(C)c1=O)C(=O)/C(=C\c1ccc(OC(F)F)c(OCC)c1)N2. The second-order valence-corrected chi connectivity index (χ2v) is 6.55. The highest BCUT2D eigenvalue weighted by Gasteiger charge is 2.32. The molecule has 2 heterocycles. The van der Waals surface area contributed by atoms with E-state index >= 15 is 0 Å². The van der Waals surface area contributed by atoms with Crippen molar-refractivity contribution < 1.29 is 23.0 Å². The van der Waals surface area contributed by atoms with Crippen LogP contribution in [0.2, 0.25) is 0 Å². The van der Waals surface area contributed by atoms with Crippen LogP contribution in [0.3, 0.4) is 0 Å². The highest BCUT2D eigenvalue weighted by molar-refractivity contribution is 6.19. The van der Waals surface area contributed by atoms with Crippen LogP contribution in [0.1, 0.15) is 36.2 Å². The molecule has 0 spiro atoms. The summed E-state index contributed by atoms with van der Waals surface area (Å²) in [5.41, 5.74) is -0.764. The van der Waals surface area contributed by atoms with Crippen molar-refractivity contribution in [2.75, 3.05) is 11.9 Å². The highest BCUT2D eigenvalue weighted by atomic mass is 19.3. The summed E-state index contributed by atoms with van der Waals surface area (Å²) >= 11 is 0. The molecule has 0 amide bonds. The second-order valence-electron chi connectivity index (χ2n) is 6.55. The Morgan fingerprint density at radius 2 is 1.90 bits per heavy atom. The number of halogens is 2. The lowest BCUT2D eigenvalue weighted by Crippen LogP contribution is -2.40. The minimum Gasteiger partial charge on any atom is -0.490 e. The number of carbonyl (C=O) groups is 1. The molecule has 0 radical (unpaired) electrons. The maximum Gasteiger partial charge on any atom is 0.387 e. The minimum absolute atomic E-state index is 0.0857. The van der Waals surface area contributed by atoms with Crippen LogP contribution in [0, 0.1) is 0 Å². The molecule has 1 aromatic heterocycles. The lowest BCUT2D eigenvalue weighted by Gasteiger charge is -2.12. The molecule has 1 aliphatic heterocycles. The van der Waals surface area contributed by atoms with Crippen molar-refractivity contribution in [2.24, 2.45) is 7.05 Å². The number of carbonyl (C=O) groups excluding carboxylic acids is 1. The molecule has 0 fully saturated rings. The van der Waals surface area contributed by atoms with Gasteiger partial charge in [-0.2, -0.15) is 8.78 Å². The molecule has 0 unspecified atom stereocenters. The number of hydrogen-bond acceptors (Lipinski definition) is 6. The Balaban J connectivity index is 2.05. The third-order valence-corrected chi connectivity index (χ3v) is 4.51. The molecule has 0 atom stereocenters. The van der Waals surface area contributed by atoms with Gasteiger partial charge in [-0.05, 0) is 37.1 Å². The van der Waals surface area contributed by atoms with Gasteiger partial charge in [0.1, 0.15) is 11.4 Å². The summed E-state index contributed by atoms with van der Waals surface area (Å²) in [6.45, 7) is 1.11. The van der Waals surface area contributed by atoms with Gasteiger partial charge in [-0.15, -0.1) is 0 Å². The third-order valence-electron chi connectivity index (χ3n) is 4.51. The quantitative estimate of drug-likeness (QED) is 0.691. The smallest absolute Gasteiger partial charge is 0.387 e. The molecule has 1 N–H and O–H groups in total. The molecule has 30 heavy (non-hydrogen) atoms. The number of ketones is 1. The molecule has 160 valence electrons. The fourth-order valence-electron chi connectivity index (χ4n) is 3.20. The number of ether oxygens (including phenoxy) is 2. The topological polar surface area (TPSA) is 91.6 Å². The zero-order chi connectivity index (χ0) is 22.0. The first-order valence-electron chi connectivity index (χ1n) is 9.37. The summed E-state index contributed by atoms with van der Waals surface area (Å²) in [6.07, 6.45) is 2.08. The molecule has 2 aromatic rings. The standard InChI is InChI=1S/C20H21F2N3O5/c1-4-8-25-17-15(18(27)24(3)20(25)28)16(26)12(23-17)9-11-6-7-13(30-19(21)22)14(10-11)29-5-2/h6-7,9-10,19,23H,4-5,8H2,1-3H3/b12-9+. The number of allylic oxidation sites excluding steroid dienone is 1. The van der Waals surface area contributed by atoms with Gasteiger partial charge in [-0.25, -0.2) is 4.79 Å². The van der Waals surface area contributed by atoms with Gasteiger partial charge in [0.05, 0.1) is 12.3 Å². The number of nitrogens with one attached hydrogen (secondary N) is 1. The Labute approximate surface area is 170 Å². The molecule has 10 heteroatoms. The number of hydrogen-bond donors (Lipinski definition) is 1. The zero-order valence-corrected chi connectivity index (χ0v) is 16.7. The van der Waals surface area contributed by atoms with Crippen molar-refractivity contribution in [1.82, 2.24) is 9.13 Å². The van der Waals surface area contributed by atoms with Gasteiger partial charge in [0.15, 0.2) is 11.5 Å². The van der Waals surface area contributed by atoms with Crippen LogP contribution >= 0.6 is 0 Å². The van der Waals surface area contributed by atoms with Gasteiger partial charge in [-0.1, -0.05) is 13.0 Å². The van der Waals surface area contributed by atoms with Crippen molar-refractivity contribution in [2.45, 2.75) is 33.4 Å². The van der Waals surface area contributed by atoms with Crippen molar-refractivity contribution >= 4 is 17.7 Å². The average molecular weight is 421 g/mol.